The lowest BCUT2D eigenvalue weighted by molar-refractivity contribution is 0.775. The highest BCUT2D eigenvalue weighted by molar-refractivity contribution is 5.98. The first-order valence-corrected chi connectivity index (χ1v) is 20.6. The summed E-state index contributed by atoms with van der Waals surface area (Å²) < 4.78 is 0. The molecule has 2 aliphatic rings. The molecule has 2 aliphatic carbocycles. The van der Waals surface area contributed by atoms with E-state index < -0.39 is 5.41 Å². The van der Waals surface area contributed by atoms with Crippen molar-refractivity contribution in [3.63, 3.8) is 0 Å². The summed E-state index contributed by atoms with van der Waals surface area (Å²) in [6.07, 6.45) is 7.34. The molecule has 3 aromatic heterocycles. The quantitative estimate of drug-likeness (QED) is 0.174. The van der Waals surface area contributed by atoms with Crippen molar-refractivity contribution in [1.29, 1.82) is 0 Å². The van der Waals surface area contributed by atoms with Gasteiger partial charge in [-0.05, 0) is 96.1 Å². The molecule has 0 aliphatic heterocycles. The zero-order valence-electron chi connectivity index (χ0n) is 32.9. The Morgan fingerprint density at radius 2 is 0.623 bits per heavy atom. The number of nitrogens with zero attached hydrogens (tertiary/aromatic N) is 5. The Morgan fingerprint density at radius 3 is 1.08 bits per heavy atom. The van der Waals surface area contributed by atoms with Gasteiger partial charge in [0.15, 0.2) is 17.5 Å². The topological polar surface area (TPSA) is 64.5 Å². The first kappa shape index (κ1) is 34.9. The molecule has 0 atom stereocenters. The van der Waals surface area contributed by atoms with E-state index in [0.717, 1.165) is 44.5 Å². The molecule has 0 amide bonds. The second kappa shape index (κ2) is 14.0. The second-order valence-electron chi connectivity index (χ2n) is 15.6. The second-order valence-corrected chi connectivity index (χ2v) is 15.6. The number of fused-ring (bicyclic) bond motifs is 12. The van der Waals surface area contributed by atoms with Gasteiger partial charge in [0.2, 0.25) is 0 Å². The average molecular weight is 778 g/mol. The van der Waals surface area contributed by atoms with Crippen LogP contribution in [0.3, 0.4) is 0 Å². The van der Waals surface area contributed by atoms with Crippen LogP contribution < -0.4 is 0 Å². The summed E-state index contributed by atoms with van der Waals surface area (Å²) >= 11 is 0. The maximum absolute atomic E-state index is 5.25. The Morgan fingerprint density at radius 1 is 0.262 bits per heavy atom. The minimum absolute atomic E-state index is 0.557. The molecule has 3 heterocycles. The lowest BCUT2D eigenvalue weighted by atomic mass is 9.66. The van der Waals surface area contributed by atoms with Crippen LogP contribution in [0, 0.1) is 0 Å². The van der Waals surface area contributed by atoms with E-state index in [9.17, 15) is 0 Å². The van der Waals surface area contributed by atoms with Crippen LogP contribution in [0.5, 0.6) is 0 Å². The molecule has 12 rings (SSSR count). The molecule has 7 aromatic carbocycles. The van der Waals surface area contributed by atoms with Gasteiger partial charge in [-0.2, -0.15) is 0 Å². The fourth-order valence-corrected chi connectivity index (χ4v) is 9.65. The Kier molecular flexibility index (Phi) is 8.00. The van der Waals surface area contributed by atoms with Gasteiger partial charge in [-0.25, -0.2) is 15.0 Å². The molecular formula is C56H35N5. The maximum Gasteiger partial charge on any atom is 0.164 e. The summed E-state index contributed by atoms with van der Waals surface area (Å²) in [7, 11) is 0. The number of rotatable bonds is 5. The minimum atomic E-state index is -0.557. The molecule has 0 N–H and O–H groups in total. The van der Waals surface area contributed by atoms with Gasteiger partial charge in [-0.3, -0.25) is 9.97 Å². The van der Waals surface area contributed by atoms with E-state index in [1.807, 2.05) is 24.5 Å². The lowest BCUT2D eigenvalue weighted by Gasteiger charge is -2.35. The van der Waals surface area contributed by atoms with Crippen LogP contribution in [0.15, 0.2) is 213 Å². The van der Waals surface area contributed by atoms with Crippen molar-refractivity contribution in [3.05, 3.63) is 235 Å². The third-order valence-electron chi connectivity index (χ3n) is 12.4. The summed E-state index contributed by atoms with van der Waals surface area (Å²) in [6, 6.07) is 67.3. The predicted octanol–water partition coefficient (Wildman–Crippen LogP) is 13.0. The van der Waals surface area contributed by atoms with Crippen molar-refractivity contribution in [3.8, 4) is 89.8 Å². The van der Waals surface area contributed by atoms with Crippen LogP contribution in [0.2, 0.25) is 0 Å². The highest BCUT2D eigenvalue weighted by atomic mass is 15.0. The van der Waals surface area contributed by atoms with E-state index in [1.165, 1.54) is 50.1 Å². The van der Waals surface area contributed by atoms with Crippen molar-refractivity contribution in [1.82, 2.24) is 24.9 Å². The third kappa shape index (κ3) is 5.52. The smallest absolute Gasteiger partial charge is 0.164 e. The van der Waals surface area contributed by atoms with Crippen LogP contribution in [0.1, 0.15) is 22.3 Å². The third-order valence-corrected chi connectivity index (χ3v) is 12.4. The van der Waals surface area contributed by atoms with Gasteiger partial charge in [0.25, 0.3) is 0 Å². The van der Waals surface area contributed by atoms with Gasteiger partial charge in [0, 0.05) is 41.5 Å². The van der Waals surface area contributed by atoms with Crippen LogP contribution in [-0.4, -0.2) is 24.9 Å². The molecule has 0 fully saturated rings. The molecule has 0 saturated carbocycles. The van der Waals surface area contributed by atoms with Gasteiger partial charge in [0.05, 0.1) is 5.41 Å². The Balaban J connectivity index is 1.08. The SMILES string of the molecule is c1cncc(-c2ccc(-c3nc(-c4ccc(-c5cccnc5)cc4)nc(-c4ccc5c(c4)-c4ccccc4-c4ccccc4C54c5ccccc5-c5ccccc54)n3)cc2)c1. The molecule has 5 nitrogen and oxygen atoms in total. The van der Waals surface area contributed by atoms with Gasteiger partial charge in [-0.1, -0.05) is 170 Å². The zero-order valence-corrected chi connectivity index (χ0v) is 32.9. The van der Waals surface area contributed by atoms with E-state index >= 15 is 0 Å². The maximum atomic E-state index is 5.25. The molecule has 0 unspecified atom stereocenters. The Labute approximate surface area is 353 Å². The Bertz CT molecular complexity index is 3140. The van der Waals surface area contributed by atoms with Crippen molar-refractivity contribution < 1.29 is 0 Å². The van der Waals surface area contributed by atoms with Crippen LogP contribution in [-0.2, 0) is 5.41 Å². The first-order valence-electron chi connectivity index (χ1n) is 20.6. The number of hydrogen-bond acceptors (Lipinski definition) is 5. The first-order chi connectivity index (χ1) is 30.2. The molecule has 284 valence electrons. The molecule has 0 radical (unpaired) electrons. The lowest BCUT2D eigenvalue weighted by Crippen LogP contribution is -2.29. The van der Waals surface area contributed by atoms with Crippen LogP contribution >= 0.6 is 0 Å². The van der Waals surface area contributed by atoms with Gasteiger partial charge < -0.3 is 0 Å². The molecule has 61 heavy (non-hydrogen) atoms. The van der Waals surface area contributed by atoms with Crippen molar-refractivity contribution in [2.45, 2.75) is 5.41 Å². The number of benzene rings is 7. The highest BCUT2D eigenvalue weighted by Gasteiger charge is 2.49. The number of hydrogen-bond donors (Lipinski definition) is 0. The number of pyridine rings is 2. The van der Waals surface area contributed by atoms with E-state index in [-0.39, 0.29) is 0 Å². The normalized spacial score (nSPS) is 12.7. The van der Waals surface area contributed by atoms with E-state index in [2.05, 4.69) is 186 Å². The monoisotopic (exact) mass is 777 g/mol. The average Bonchev–Trinajstić information content (AvgIpc) is 3.59. The largest absolute Gasteiger partial charge is 0.264 e. The van der Waals surface area contributed by atoms with Gasteiger partial charge in [-0.15, -0.1) is 0 Å². The fourth-order valence-electron chi connectivity index (χ4n) is 9.65. The number of aromatic nitrogens is 5. The van der Waals surface area contributed by atoms with Crippen molar-refractivity contribution in [2.75, 3.05) is 0 Å². The molecule has 0 saturated heterocycles. The van der Waals surface area contributed by atoms with Gasteiger partial charge >= 0.3 is 0 Å². The highest BCUT2D eigenvalue weighted by Crippen LogP contribution is 2.61. The Hall–Kier alpha value is -8.15. The predicted molar refractivity (Wildman–Crippen MR) is 244 cm³/mol. The van der Waals surface area contributed by atoms with E-state index in [4.69, 9.17) is 15.0 Å². The van der Waals surface area contributed by atoms with Gasteiger partial charge in [0.1, 0.15) is 0 Å². The van der Waals surface area contributed by atoms with Crippen LogP contribution in [0.25, 0.3) is 89.8 Å². The van der Waals surface area contributed by atoms with Crippen LogP contribution in [0.4, 0.5) is 0 Å². The zero-order chi connectivity index (χ0) is 40.3. The summed E-state index contributed by atoms with van der Waals surface area (Å²) in [4.78, 5) is 24.3. The minimum Gasteiger partial charge on any atom is -0.264 e. The van der Waals surface area contributed by atoms with Crippen molar-refractivity contribution in [2.24, 2.45) is 0 Å². The summed E-state index contributed by atoms with van der Waals surface area (Å²) in [5.74, 6) is 1.81. The molecule has 10 aromatic rings. The summed E-state index contributed by atoms with van der Waals surface area (Å²) in [5, 5.41) is 0. The molecule has 0 bridgehead atoms. The van der Waals surface area contributed by atoms with E-state index in [0.29, 0.717) is 17.5 Å². The summed E-state index contributed by atoms with van der Waals surface area (Å²) in [5.41, 5.74) is 18.8. The molecule has 5 heteroatoms. The standard InChI is InChI=1S/C56H35N5/c1-2-14-44-43(13-1)45-15-3-6-18-49(45)56(50-19-7-4-16-46(50)47-17-5-8-20-51(47)56)52-30-29-40(33-48(44)52)55-60-53(38-25-21-36(22-26-38)41-11-9-31-57-34-41)59-54(61-55)39-27-23-37(24-28-39)42-12-10-32-58-35-42/h1-35H. The molecular weight excluding hydrogens is 743 g/mol. The fraction of sp³-hybridized carbons (Fsp3) is 0.0179. The summed E-state index contributed by atoms with van der Waals surface area (Å²) in [6.45, 7) is 0. The molecule has 1 spiro atoms. The van der Waals surface area contributed by atoms with Crippen molar-refractivity contribution >= 4 is 0 Å². The van der Waals surface area contributed by atoms with E-state index in [1.54, 1.807) is 12.4 Å².